The zero-order valence-electron chi connectivity index (χ0n) is 16.3. The zero-order chi connectivity index (χ0) is 19.1. The summed E-state index contributed by atoms with van der Waals surface area (Å²) in [5.41, 5.74) is 2.17. The van der Waals surface area contributed by atoms with Gasteiger partial charge in [-0.3, -0.25) is 0 Å². The topological polar surface area (TPSA) is 24.9 Å². The molecule has 0 bridgehead atoms. The van der Waals surface area contributed by atoms with Gasteiger partial charge in [0.25, 0.3) is 0 Å². The van der Waals surface area contributed by atoms with Crippen LogP contribution in [0.4, 0.5) is 0 Å². The quantitative estimate of drug-likeness (QED) is 0.679. The van der Waals surface area contributed by atoms with Gasteiger partial charge in [0.1, 0.15) is 6.61 Å². The molecule has 1 aliphatic heterocycles. The lowest BCUT2D eigenvalue weighted by Crippen LogP contribution is -2.44. The fourth-order valence-electron chi connectivity index (χ4n) is 3.41. The van der Waals surface area contributed by atoms with Gasteiger partial charge in [-0.15, -0.1) is 0 Å². The van der Waals surface area contributed by atoms with E-state index in [1.54, 1.807) is 7.11 Å². The van der Waals surface area contributed by atoms with Crippen molar-refractivity contribution in [1.82, 2.24) is 9.80 Å². The lowest BCUT2D eigenvalue weighted by Gasteiger charge is -2.32. The Labute approximate surface area is 167 Å². The third-order valence-electron chi connectivity index (χ3n) is 5.13. The van der Waals surface area contributed by atoms with Crippen molar-refractivity contribution >= 4 is 11.6 Å². The number of hydrogen-bond acceptors (Lipinski definition) is 4. The van der Waals surface area contributed by atoms with Gasteiger partial charge >= 0.3 is 0 Å². The summed E-state index contributed by atoms with van der Waals surface area (Å²) in [6.07, 6.45) is 2.08. The Morgan fingerprint density at radius 1 is 0.963 bits per heavy atom. The second-order valence-corrected chi connectivity index (χ2v) is 7.48. The fourth-order valence-corrected chi connectivity index (χ4v) is 3.60. The molecule has 0 aliphatic carbocycles. The van der Waals surface area contributed by atoms with Crippen molar-refractivity contribution in [3.63, 3.8) is 0 Å². The number of rotatable bonds is 8. The van der Waals surface area contributed by atoms with Crippen molar-refractivity contribution in [2.45, 2.75) is 19.4 Å². The number of aryl methyl sites for hydroxylation is 1. The molecular weight excluding hydrogens is 360 g/mol. The maximum Gasteiger partial charge on any atom is 0.164 e. The van der Waals surface area contributed by atoms with Gasteiger partial charge in [-0.05, 0) is 44.1 Å². The average molecular weight is 389 g/mol. The maximum absolute atomic E-state index is 6.26. The average Bonchev–Trinajstić information content (AvgIpc) is 2.69. The Morgan fingerprint density at radius 3 is 2.44 bits per heavy atom. The van der Waals surface area contributed by atoms with E-state index in [1.165, 1.54) is 5.56 Å². The molecule has 0 saturated carbocycles. The number of nitrogens with zero attached hydrogens (tertiary/aromatic N) is 2. The molecule has 0 radical (unpaired) electrons. The number of likely N-dealkylation sites (N-methyl/N-ethyl adjacent to an activating group) is 1. The molecule has 0 amide bonds. The number of benzene rings is 2. The Hall–Kier alpha value is -1.75. The van der Waals surface area contributed by atoms with Crippen LogP contribution >= 0.6 is 11.6 Å². The highest BCUT2D eigenvalue weighted by Crippen LogP contribution is 2.33. The van der Waals surface area contributed by atoms with Crippen LogP contribution in [0.25, 0.3) is 0 Å². The van der Waals surface area contributed by atoms with Crippen molar-refractivity contribution in [3.05, 3.63) is 58.6 Å². The minimum Gasteiger partial charge on any atom is -0.493 e. The highest BCUT2D eigenvalue weighted by Gasteiger charge is 2.15. The van der Waals surface area contributed by atoms with E-state index >= 15 is 0 Å². The summed E-state index contributed by atoms with van der Waals surface area (Å²) < 4.78 is 11.7. The minimum absolute atomic E-state index is 0.436. The predicted octanol–water partition coefficient (Wildman–Crippen LogP) is 4.11. The lowest BCUT2D eigenvalue weighted by molar-refractivity contribution is 0.153. The van der Waals surface area contributed by atoms with Gasteiger partial charge in [0.15, 0.2) is 11.5 Å². The molecule has 1 saturated heterocycles. The second-order valence-electron chi connectivity index (χ2n) is 7.08. The Kier molecular flexibility index (Phi) is 7.39. The highest BCUT2D eigenvalue weighted by atomic mass is 35.5. The largest absolute Gasteiger partial charge is 0.493 e. The number of methoxy groups -OCH3 is 1. The number of para-hydroxylation sites is 1. The van der Waals surface area contributed by atoms with Crippen LogP contribution in [0, 0.1) is 0 Å². The first kappa shape index (κ1) is 20.0. The minimum atomic E-state index is 0.436. The van der Waals surface area contributed by atoms with Crippen molar-refractivity contribution in [2.75, 3.05) is 46.9 Å². The van der Waals surface area contributed by atoms with E-state index in [0.29, 0.717) is 6.61 Å². The molecule has 0 N–H and O–H groups in total. The third kappa shape index (κ3) is 5.61. The van der Waals surface area contributed by atoms with Gasteiger partial charge in [-0.1, -0.05) is 41.9 Å². The molecule has 0 spiro atoms. The molecule has 27 heavy (non-hydrogen) atoms. The first-order valence-electron chi connectivity index (χ1n) is 9.60. The highest BCUT2D eigenvalue weighted by molar-refractivity contribution is 6.31. The number of hydrogen-bond donors (Lipinski definition) is 0. The number of ether oxygens (including phenoxy) is 2. The molecule has 0 aromatic heterocycles. The molecule has 1 aliphatic rings. The summed E-state index contributed by atoms with van der Waals surface area (Å²) in [4.78, 5) is 4.93. The van der Waals surface area contributed by atoms with Gasteiger partial charge < -0.3 is 19.3 Å². The summed E-state index contributed by atoms with van der Waals surface area (Å²) in [6, 6.07) is 13.9. The molecule has 2 aromatic carbocycles. The van der Waals surface area contributed by atoms with Crippen LogP contribution < -0.4 is 9.47 Å². The Morgan fingerprint density at radius 2 is 1.70 bits per heavy atom. The summed E-state index contributed by atoms with van der Waals surface area (Å²) in [6.45, 7) is 6.19. The molecule has 0 unspecified atom stereocenters. The smallest absolute Gasteiger partial charge is 0.164 e. The van der Waals surface area contributed by atoms with Crippen molar-refractivity contribution < 1.29 is 9.47 Å². The van der Waals surface area contributed by atoms with Crippen LogP contribution in [0.5, 0.6) is 11.5 Å². The van der Waals surface area contributed by atoms with Gasteiger partial charge in [0.05, 0.1) is 7.11 Å². The van der Waals surface area contributed by atoms with Gasteiger partial charge in [0, 0.05) is 36.8 Å². The van der Waals surface area contributed by atoms with Gasteiger partial charge in [-0.25, -0.2) is 0 Å². The fraction of sp³-hybridized carbons (Fsp3) is 0.455. The molecule has 4 nitrogen and oxygen atoms in total. The van der Waals surface area contributed by atoms with E-state index in [2.05, 4.69) is 22.9 Å². The molecular formula is C22H29ClN2O2. The summed E-state index contributed by atoms with van der Waals surface area (Å²) >= 11 is 6.26. The Bertz CT molecular complexity index is 730. The van der Waals surface area contributed by atoms with Crippen LogP contribution in [-0.4, -0.2) is 56.7 Å². The number of halogens is 1. The molecule has 2 aromatic rings. The van der Waals surface area contributed by atoms with E-state index in [-0.39, 0.29) is 0 Å². The van der Waals surface area contributed by atoms with Crippen LogP contribution in [0.15, 0.2) is 42.5 Å². The monoisotopic (exact) mass is 388 g/mol. The van der Waals surface area contributed by atoms with Crippen LogP contribution in [-0.2, 0) is 13.0 Å². The second kappa shape index (κ2) is 9.98. The van der Waals surface area contributed by atoms with Crippen molar-refractivity contribution in [1.29, 1.82) is 0 Å². The summed E-state index contributed by atoms with van der Waals surface area (Å²) in [5.74, 6) is 1.61. The van der Waals surface area contributed by atoms with E-state index in [4.69, 9.17) is 21.1 Å². The summed E-state index contributed by atoms with van der Waals surface area (Å²) in [7, 11) is 3.88. The van der Waals surface area contributed by atoms with Crippen molar-refractivity contribution in [3.8, 4) is 11.5 Å². The van der Waals surface area contributed by atoms with E-state index in [0.717, 1.165) is 67.7 Å². The van der Waals surface area contributed by atoms with Crippen LogP contribution in [0.3, 0.4) is 0 Å². The van der Waals surface area contributed by atoms with Crippen LogP contribution in [0.1, 0.15) is 17.5 Å². The Balaban J connectivity index is 1.61. The first-order chi connectivity index (χ1) is 13.2. The standard InChI is InChI=1S/C22H29ClN2O2/c1-24-13-15-25(16-14-24)12-6-9-18-8-5-11-21(26-2)22(18)27-17-19-7-3-4-10-20(19)23/h3-5,7-8,10-11H,6,9,12-17H2,1-2H3. The normalized spacial score (nSPS) is 15.7. The SMILES string of the molecule is COc1cccc(CCCN2CCN(C)CC2)c1OCc1ccccc1Cl. The summed E-state index contributed by atoms with van der Waals surface area (Å²) in [5, 5.41) is 0.726. The van der Waals surface area contributed by atoms with Crippen LogP contribution in [0.2, 0.25) is 5.02 Å². The first-order valence-corrected chi connectivity index (χ1v) is 9.98. The van der Waals surface area contributed by atoms with Gasteiger partial charge in [0.2, 0.25) is 0 Å². The van der Waals surface area contributed by atoms with Gasteiger partial charge in [-0.2, -0.15) is 0 Å². The molecule has 1 fully saturated rings. The van der Waals surface area contributed by atoms with E-state index < -0.39 is 0 Å². The van der Waals surface area contributed by atoms with E-state index in [1.807, 2.05) is 36.4 Å². The van der Waals surface area contributed by atoms with E-state index in [9.17, 15) is 0 Å². The molecule has 0 atom stereocenters. The molecule has 3 rings (SSSR count). The lowest BCUT2D eigenvalue weighted by atomic mass is 10.1. The zero-order valence-corrected chi connectivity index (χ0v) is 17.0. The molecule has 146 valence electrons. The number of piperazine rings is 1. The van der Waals surface area contributed by atoms with Crippen molar-refractivity contribution in [2.24, 2.45) is 0 Å². The molecule has 5 heteroatoms. The third-order valence-corrected chi connectivity index (χ3v) is 5.50. The molecule has 1 heterocycles. The maximum atomic E-state index is 6.26. The predicted molar refractivity (Wildman–Crippen MR) is 111 cm³/mol.